The first-order valence-electron chi connectivity index (χ1n) is 6.72. The van der Waals surface area contributed by atoms with Gasteiger partial charge in [0.1, 0.15) is 12.2 Å². The highest BCUT2D eigenvalue weighted by Gasteiger charge is 2.32. The summed E-state index contributed by atoms with van der Waals surface area (Å²) in [7, 11) is 3.93. The van der Waals surface area contributed by atoms with Crippen molar-refractivity contribution in [1.82, 2.24) is 19.7 Å². The maximum absolute atomic E-state index is 10.6. The van der Waals surface area contributed by atoms with Crippen LogP contribution in [0.3, 0.4) is 0 Å². The Morgan fingerprint density at radius 3 is 2.72 bits per heavy atom. The summed E-state index contributed by atoms with van der Waals surface area (Å²) < 4.78 is 1.78. The van der Waals surface area contributed by atoms with Crippen molar-refractivity contribution in [3.8, 4) is 0 Å². The van der Waals surface area contributed by atoms with Crippen molar-refractivity contribution in [2.24, 2.45) is 13.0 Å². The first kappa shape index (κ1) is 13.5. The van der Waals surface area contributed by atoms with Crippen molar-refractivity contribution in [2.45, 2.75) is 44.8 Å². The molecule has 0 bridgehead atoms. The minimum Gasteiger partial charge on any atom is -0.389 e. The van der Waals surface area contributed by atoms with Crippen LogP contribution in [0.2, 0.25) is 0 Å². The Morgan fingerprint density at radius 2 is 2.17 bits per heavy atom. The van der Waals surface area contributed by atoms with Crippen LogP contribution in [-0.2, 0) is 13.6 Å². The first-order chi connectivity index (χ1) is 8.48. The van der Waals surface area contributed by atoms with Gasteiger partial charge in [-0.15, -0.1) is 0 Å². The van der Waals surface area contributed by atoms with Crippen molar-refractivity contribution in [1.29, 1.82) is 0 Å². The molecule has 5 heteroatoms. The van der Waals surface area contributed by atoms with Crippen LogP contribution in [0.15, 0.2) is 6.33 Å². The van der Waals surface area contributed by atoms with Crippen LogP contribution >= 0.6 is 0 Å². The summed E-state index contributed by atoms with van der Waals surface area (Å²) in [6, 6.07) is 0. The van der Waals surface area contributed by atoms with Crippen molar-refractivity contribution in [3.63, 3.8) is 0 Å². The van der Waals surface area contributed by atoms with E-state index in [9.17, 15) is 5.11 Å². The normalized spacial score (nSPS) is 28.8. The number of aliphatic hydroxyl groups is 1. The van der Waals surface area contributed by atoms with Crippen molar-refractivity contribution >= 4 is 0 Å². The van der Waals surface area contributed by atoms with Crippen molar-refractivity contribution in [3.05, 3.63) is 12.2 Å². The number of aromatic nitrogens is 3. The van der Waals surface area contributed by atoms with Crippen LogP contribution in [0.1, 0.15) is 38.4 Å². The van der Waals surface area contributed by atoms with Crippen LogP contribution in [-0.4, -0.2) is 44.0 Å². The fourth-order valence-corrected chi connectivity index (χ4v) is 2.72. The molecule has 1 heterocycles. The molecule has 1 aromatic heterocycles. The molecule has 1 aliphatic carbocycles. The minimum absolute atomic E-state index is 0.514. The van der Waals surface area contributed by atoms with Crippen LogP contribution in [0.4, 0.5) is 0 Å². The summed E-state index contributed by atoms with van der Waals surface area (Å²) in [6.45, 7) is 3.71. The van der Waals surface area contributed by atoms with E-state index in [0.29, 0.717) is 6.54 Å². The van der Waals surface area contributed by atoms with Gasteiger partial charge in [-0.25, -0.2) is 4.98 Å². The largest absolute Gasteiger partial charge is 0.389 e. The average molecular weight is 252 g/mol. The molecular weight excluding hydrogens is 228 g/mol. The SMILES string of the molecule is CC1CCC(O)(CN(C)Cc2ncnn2C)CC1. The van der Waals surface area contributed by atoms with E-state index in [1.54, 1.807) is 11.0 Å². The fraction of sp³-hybridized carbons (Fsp3) is 0.846. The zero-order valence-electron chi connectivity index (χ0n) is 11.6. The highest BCUT2D eigenvalue weighted by atomic mass is 16.3. The van der Waals surface area contributed by atoms with Gasteiger partial charge in [0.2, 0.25) is 0 Å². The lowest BCUT2D eigenvalue weighted by Crippen LogP contribution is -2.44. The Labute approximate surface area is 109 Å². The topological polar surface area (TPSA) is 54.2 Å². The molecular formula is C13H24N4O. The van der Waals surface area contributed by atoms with Gasteiger partial charge in [-0.3, -0.25) is 9.58 Å². The molecule has 0 saturated heterocycles. The minimum atomic E-state index is -0.514. The van der Waals surface area contributed by atoms with E-state index >= 15 is 0 Å². The van der Waals surface area contributed by atoms with Crippen LogP contribution in [0, 0.1) is 5.92 Å². The molecule has 1 saturated carbocycles. The van der Waals surface area contributed by atoms with E-state index in [0.717, 1.165) is 44.0 Å². The zero-order chi connectivity index (χ0) is 13.2. The van der Waals surface area contributed by atoms with E-state index in [2.05, 4.69) is 21.9 Å². The van der Waals surface area contributed by atoms with Crippen LogP contribution in [0.5, 0.6) is 0 Å². The maximum atomic E-state index is 10.6. The predicted octanol–water partition coefficient (Wildman–Crippen LogP) is 1.19. The average Bonchev–Trinajstić information content (AvgIpc) is 2.69. The summed E-state index contributed by atoms with van der Waals surface area (Å²) in [5, 5.41) is 14.6. The lowest BCUT2D eigenvalue weighted by Gasteiger charge is -2.37. The van der Waals surface area contributed by atoms with E-state index < -0.39 is 5.60 Å². The van der Waals surface area contributed by atoms with Gasteiger partial charge in [0.25, 0.3) is 0 Å². The van der Waals surface area contributed by atoms with Gasteiger partial charge in [0.15, 0.2) is 0 Å². The van der Waals surface area contributed by atoms with Crippen molar-refractivity contribution in [2.75, 3.05) is 13.6 Å². The predicted molar refractivity (Wildman–Crippen MR) is 69.9 cm³/mol. The molecule has 1 aliphatic rings. The molecule has 1 aromatic rings. The lowest BCUT2D eigenvalue weighted by atomic mass is 9.79. The second-order valence-electron chi connectivity index (χ2n) is 5.88. The molecule has 2 rings (SSSR count). The Bertz CT molecular complexity index is 382. The van der Waals surface area contributed by atoms with Gasteiger partial charge < -0.3 is 5.11 Å². The molecule has 0 atom stereocenters. The fourth-order valence-electron chi connectivity index (χ4n) is 2.72. The number of nitrogens with zero attached hydrogens (tertiary/aromatic N) is 4. The summed E-state index contributed by atoms with van der Waals surface area (Å²) >= 11 is 0. The van der Waals surface area contributed by atoms with E-state index in [1.807, 2.05) is 14.1 Å². The molecule has 1 N–H and O–H groups in total. The number of likely N-dealkylation sites (N-methyl/N-ethyl adjacent to an activating group) is 1. The molecule has 1 fully saturated rings. The molecule has 5 nitrogen and oxygen atoms in total. The lowest BCUT2D eigenvalue weighted by molar-refractivity contribution is -0.0320. The molecule has 0 aromatic carbocycles. The monoisotopic (exact) mass is 252 g/mol. The van der Waals surface area contributed by atoms with Crippen LogP contribution in [0.25, 0.3) is 0 Å². The Hall–Kier alpha value is -0.940. The van der Waals surface area contributed by atoms with Gasteiger partial charge >= 0.3 is 0 Å². The Balaban J connectivity index is 1.87. The number of hydrogen-bond acceptors (Lipinski definition) is 4. The molecule has 102 valence electrons. The van der Waals surface area contributed by atoms with Gasteiger partial charge in [-0.05, 0) is 38.6 Å². The maximum Gasteiger partial charge on any atom is 0.140 e. The standard InChI is InChI=1S/C13H24N4O/c1-11-4-6-13(18,7-5-11)9-16(2)8-12-14-10-15-17(12)3/h10-11,18H,4-9H2,1-3H3. The molecule has 0 amide bonds. The first-order valence-corrected chi connectivity index (χ1v) is 6.72. The van der Waals surface area contributed by atoms with E-state index in [-0.39, 0.29) is 0 Å². The number of aryl methyl sites for hydroxylation is 1. The smallest absolute Gasteiger partial charge is 0.140 e. The molecule has 0 aliphatic heterocycles. The Morgan fingerprint density at radius 1 is 1.50 bits per heavy atom. The summed E-state index contributed by atoms with van der Waals surface area (Å²) in [4.78, 5) is 6.35. The second kappa shape index (κ2) is 5.36. The quantitative estimate of drug-likeness (QED) is 0.874. The molecule has 18 heavy (non-hydrogen) atoms. The third kappa shape index (κ3) is 3.29. The Kier molecular flexibility index (Phi) is 4.02. The molecule has 0 radical (unpaired) electrons. The highest BCUT2D eigenvalue weighted by molar-refractivity contribution is 4.89. The van der Waals surface area contributed by atoms with Crippen LogP contribution < -0.4 is 0 Å². The number of rotatable bonds is 4. The van der Waals surface area contributed by atoms with Gasteiger partial charge in [0, 0.05) is 13.6 Å². The third-order valence-electron chi connectivity index (χ3n) is 3.99. The van der Waals surface area contributed by atoms with Gasteiger partial charge in [-0.2, -0.15) is 5.10 Å². The second-order valence-corrected chi connectivity index (χ2v) is 5.88. The van der Waals surface area contributed by atoms with Gasteiger partial charge in [0.05, 0.1) is 12.1 Å². The molecule has 0 spiro atoms. The van der Waals surface area contributed by atoms with Crippen molar-refractivity contribution < 1.29 is 5.11 Å². The number of hydrogen-bond donors (Lipinski definition) is 1. The third-order valence-corrected chi connectivity index (χ3v) is 3.99. The van der Waals surface area contributed by atoms with Gasteiger partial charge in [-0.1, -0.05) is 6.92 Å². The van der Waals surface area contributed by atoms with E-state index in [1.165, 1.54) is 0 Å². The summed E-state index contributed by atoms with van der Waals surface area (Å²) in [5.74, 6) is 1.69. The highest BCUT2D eigenvalue weighted by Crippen LogP contribution is 2.32. The molecule has 0 unspecified atom stereocenters. The zero-order valence-corrected chi connectivity index (χ0v) is 11.6. The summed E-state index contributed by atoms with van der Waals surface area (Å²) in [6.07, 6.45) is 5.66. The summed E-state index contributed by atoms with van der Waals surface area (Å²) in [5.41, 5.74) is -0.514. The van der Waals surface area contributed by atoms with E-state index in [4.69, 9.17) is 0 Å².